The molecule has 2 aromatic heterocycles. The second kappa shape index (κ2) is 4.70. The summed E-state index contributed by atoms with van der Waals surface area (Å²) in [5, 5.41) is 18.3. The molecule has 5 nitrogen and oxygen atoms in total. The molecule has 0 amide bonds. The van der Waals surface area contributed by atoms with Gasteiger partial charge in [0.25, 0.3) is 5.56 Å². The Bertz CT molecular complexity index is 874. The minimum Gasteiger partial charge on any atom is -0.396 e. The number of hydrogen-bond acceptors (Lipinski definition) is 3. The molecular weight excluding hydrogens is 266 g/mol. The lowest BCUT2D eigenvalue weighted by molar-refractivity contribution is 0.141. The highest BCUT2D eigenvalue weighted by Crippen LogP contribution is 2.25. The van der Waals surface area contributed by atoms with Crippen LogP contribution in [0.15, 0.2) is 29.1 Å². The first-order chi connectivity index (χ1) is 9.94. The van der Waals surface area contributed by atoms with E-state index in [0.717, 1.165) is 16.6 Å². The topological polar surface area (TPSA) is 70.9 Å². The van der Waals surface area contributed by atoms with E-state index < -0.39 is 0 Å². The zero-order valence-corrected chi connectivity index (χ0v) is 12.5. The standard InChI is InChI=1S/C16H19N3O2/c1-10-13-14(18-17-10)11-6-4-5-7-12(11)19(15(13)21)8-16(2,3)9-20/h4-7,20H,8-9H2,1-3H3,(H,17,18). The van der Waals surface area contributed by atoms with Gasteiger partial charge < -0.3 is 9.67 Å². The Morgan fingerprint density at radius 2 is 2.05 bits per heavy atom. The number of nitrogens with one attached hydrogen (secondary N) is 1. The van der Waals surface area contributed by atoms with Crippen LogP contribution in [0.25, 0.3) is 21.8 Å². The van der Waals surface area contributed by atoms with Crippen molar-refractivity contribution in [2.24, 2.45) is 5.41 Å². The number of benzene rings is 1. The molecule has 2 heterocycles. The number of para-hydroxylation sites is 1. The second-order valence-electron chi connectivity index (χ2n) is 6.30. The zero-order valence-electron chi connectivity index (χ0n) is 12.5. The minimum atomic E-state index is -0.363. The fourth-order valence-electron chi connectivity index (χ4n) is 2.67. The van der Waals surface area contributed by atoms with Crippen LogP contribution >= 0.6 is 0 Å². The molecule has 0 fully saturated rings. The molecule has 0 aliphatic carbocycles. The third kappa shape index (κ3) is 2.14. The Kier molecular flexibility index (Phi) is 3.10. The molecule has 1 aromatic carbocycles. The second-order valence-corrected chi connectivity index (χ2v) is 6.30. The molecule has 0 radical (unpaired) electrons. The Morgan fingerprint density at radius 1 is 1.33 bits per heavy atom. The van der Waals surface area contributed by atoms with Crippen LogP contribution in [0.4, 0.5) is 0 Å². The number of pyridine rings is 1. The number of aromatic amines is 1. The number of fused-ring (bicyclic) bond motifs is 3. The van der Waals surface area contributed by atoms with Gasteiger partial charge in [-0.15, -0.1) is 0 Å². The van der Waals surface area contributed by atoms with Crippen molar-refractivity contribution in [1.29, 1.82) is 0 Å². The zero-order chi connectivity index (χ0) is 15.2. The number of aryl methyl sites for hydroxylation is 1. The Hall–Kier alpha value is -2.14. The van der Waals surface area contributed by atoms with Crippen molar-refractivity contribution in [3.8, 4) is 0 Å². The number of aromatic nitrogens is 3. The van der Waals surface area contributed by atoms with Crippen LogP contribution in [-0.2, 0) is 6.54 Å². The lowest BCUT2D eigenvalue weighted by Gasteiger charge is -2.24. The molecule has 0 saturated carbocycles. The minimum absolute atomic E-state index is 0.0240. The molecule has 2 N–H and O–H groups in total. The molecule has 0 atom stereocenters. The van der Waals surface area contributed by atoms with Crippen LogP contribution in [0, 0.1) is 12.3 Å². The van der Waals surface area contributed by atoms with E-state index in [2.05, 4.69) is 10.2 Å². The molecule has 0 spiro atoms. The van der Waals surface area contributed by atoms with Crippen molar-refractivity contribution < 1.29 is 5.11 Å². The fraction of sp³-hybridized carbons (Fsp3) is 0.375. The van der Waals surface area contributed by atoms with Gasteiger partial charge in [0, 0.05) is 29.6 Å². The summed E-state index contributed by atoms with van der Waals surface area (Å²) < 4.78 is 1.75. The van der Waals surface area contributed by atoms with E-state index in [1.54, 1.807) is 4.57 Å². The third-order valence-electron chi connectivity index (χ3n) is 3.87. The molecule has 0 aliphatic heterocycles. The highest BCUT2D eigenvalue weighted by molar-refractivity contribution is 6.03. The third-order valence-corrected chi connectivity index (χ3v) is 3.87. The number of hydrogen-bond donors (Lipinski definition) is 2. The molecule has 0 saturated heterocycles. The maximum absolute atomic E-state index is 12.8. The van der Waals surface area contributed by atoms with Crippen molar-refractivity contribution in [2.45, 2.75) is 27.3 Å². The first-order valence-corrected chi connectivity index (χ1v) is 7.02. The lowest BCUT2D eigenvalue weighted by atomic mass is 9.94. The van der Waals surface area contributed by atoms with Gasteiger partial charge in [0.2, 0.25) is 0 Å². The first kappa shape index (κ1) is 13.8. The van der Waals surface area contributed by atoms with Gasteiger partial charge in [0.05, 0.1) is 10.9 Å². The van der Waals surface area contributed by atoms with Gasteiger partial charge >= 0.3 is 0 Å². The molecule has 0 unspecified atom stereocenters. The van der Waals surface area contributed by atoms with Crippen LogP contribution in [0.5, 0.6) is 0 Å². The van der Waals surface area contributed by atoms with Gasteiger partial charge in [0.15, 0.2) is 0 Å². The summed E-state index contributed by atoms with van der Waals surface area (Å²) >= 11 is 0. The summed E-state index contributed by atoms with van der Waals surface area (Å²) in [5.74, 6) is 0. The fourth-order valence-corrected chi connectivity index (χ4v) is 2.67. The maximum atomic E-state index is 12.8. The summed E-state index contributed by atoms with van der Waals surface area (Å²) in [6, 6.07) is 7.75. The summed E-state index contributed by atoms with van der Waals surface area (Å²) in [4.78, 5) is 12.8. The molecule has 110 valence electrons. The van der Waals surface area contributed by atoms with Crippen LogP contribution in [0.2, 0.25) is 0 Å². The van der Waals surface area contributed by atoms with Crippen LogP contribution in [0.1, 0.15) is 19.5 Å². The predicted molar refractivity (Wildman–Crippen MR) is 83.5 cm³/mol. The van der Waals surface area contributed by atoms with E-state index in [4.69, 9.17) is 0 Å². The molecule has 0 bridgehead atoms. The molecule has 5 heteroatoms. The van der Waals surface area contributed by atoms with E-state index in [1.807, 2.05) is 45.0 Å². The van der Waals surface area contributed by atoms with Crippen molar-refractivity contribution in [1.82, 2.24) is 14.8 Å². The first-order valence-electron chi connectivity index (χ1n) is 7.02. The van der Waals surface area contributed by atoms with E-state index in [9.17, 15) is 9.90 Å². The van der Waals surface area contributed by atoms with Gasteiger partial charge in [0.1, 0.15) is 5.52 Å². The average Bonchev–Trinajstić information content (AvgIpc) is 2.86. The van der Waals surface area contributed by atoms with E-state index in [-0.39, 0.29) is 17.6 Å². The smallest absolute Gasteiger partial charge is 0.262 e. The summed E-state index contributed by atoms with van der Waals surface area (Å²) in [6.07, 6.45) is 0. The average molecular weight is 285 g/mol. The predicted octanol–water partition coefficient (Wildman–Crippen LogP) is 2.20. The molecule has 3 aromatic rings. The summed E-state index contributed by atoms with van der Waals surface area (Å²) in [6.45, 7) is 6.23. The maximum Gasteiger partial charge on any atom is 0.262 e. The Balaban J connectivity index is 2.43. The summed E-state index contributed by atoms with van der Waals surface area (Å²) in [7, 11) is 0. The number of rotatable bonds is 3. The van der Waals surface area contributed by atoms with Gasteiger partial charge in [-0.25, -0.2) is 0 Å². The number of aliphatic hydroxyl groups is 1. The Labute approximate surface area is 122 Å². The van der Waals surface area contributed by atoms with Gasteiger partial charge in [-0.3, -0.25) is 9.89 Å². The molecular formula is C16H19N3O2. The largest absolute Gasteiger partial charge is 0.396 e. The van der Waals surface area contributed by atoms with Crippen molar-refractivity contribution in [3.05, 3.63) is 40.3 Å². The van der Waals surface area contributed by atoms with Crippen LogP contribution in [-0.4, -0.2) is 26.5 Å². The normalized spacial score (nSPS) is 12.4. The van der Waals surface area contributed by atoms with E-state index in [0.29, 0.717) is 17.4 Å². The Morgan fingerprint density at radius 3 is 2.76 bits per heavy atom. The quantitative estimate of drug-likeness (QED) is 0.775. The molecule has 0 aliphatic rings. The van der Waals surface area contributed by atoms with Gasteiger partial charge in [-0.1, -0.05) is 32.0 Å². The molecule has 3 rings (SSSR count). The van der Waals surface area contributed by atoms with Crippen LogP contribution in [0.3, 0.4) is 0 Å². The van der Waals surface area contributed by atoms with Crippen molar-refractivity contribution >= 4 is 21.8 Å². The summed E-state index contributed by atoms with van der Waals surface area (Å²) in [5.41, 5.74) is 1.92. The van der Waals surface area contributed by atoms with E-state index in [1.165, 1.54) is 0 Å². The highest BCUT2D eigenvalue weighted by atomic mass is 16.3. The van der Waals surface area contributed by atoms with Crippen molar-refractivity contribution in [3.63, 3.8) is 0 Å². The number of aliphatic hydroxyl groups excluding tert-OH is 1. The van der Waals surface area contributed by atoms with E-state index >= 15 is 0 Å². The number of nitrogens with zero attached hydrogens (tertiary/aromatic N) is 2. The van der Waals surface area contributed by atoms with Gasteiger partial charge in [-0.2, -0.15) is 5.10 Å². The molecule has 21 heavy (non-hydrogen) atoms. The van der Waals surface area contributed by atoms with Crippen LogP contribution < -0.4 is 5.56 Å². The number of H-pyrrole nitrogens is 1. The lowest BCUT2D eigenvalue weighted by Crippen LogP contribution is -2.31. The van der Waals surface area contributed by atoms with Gasteiger partial charge in [-0.05, 0) is 13.0 Å². The SMILES string of the molecule is Cc1[nH]nc2c1c(=O)n(CC(C)(C)CO)c1ccccc21. The highest BCUT2D eigenvalue weighted by Gasteiger charge is 2.22. The van der Waals surface area contributed by atoms with Crippen molar-refractivity contribution in [2.75, 3.05) is 6.61 Å². The monoisotopic (exact) mass is 285 g/mol.